The number of halogens is 1. The molecule has 2 unspecified atom stereocenters. The Hall–Kier alpha value is -0.0900. The van der Waals surface area contributed by atoms with Gasteiger partial charge in [0.25, 0.3) is 0 Å². The third-order valence-electron chi connectivity index (χ3n) is 2.64. The maximum absolute atomic E-state index is 9.55. The van der Waals surface area contributed by atoms with Crippen LogP contribution in [0.4, 0.5) is 0 Å². The number of hydrogen-bond donors (Lipinski definition) is 1. The molecule has 2 heteroatoms. The van der Waals surface area contributed by atoms with Gasteiger partial charge in [0, 0.05) is 3.57 Å². The molecular formula is C13H19IO. The molecule has 1 rings (SSSR count). The van der Waals surface area contributed by atoms with E-state index in [0.717, 1.165) is 19.3 Å². The van der Waals surface area contributed by atoms with Gasteiger partial charge in [0.1, 0.15) is 0 Å². The van der Waals surface area contributed by atoms with Gasteiger partial charge in [-0.05, 0) is 65.5 Å². The Bertz CT molecular complexity index is 281. The second kappa shape index (κ2) is 6.48. The van der Waals surface area contributed by atoms with Crippen LogP contribution < -0.4 is 0 Å². The van der Waals surface area contributed by atoms with Gasteiger partial charge in [-0.15, -0.1) is 0 Å². The molecule has 2 atom stereocenters. The van der Waals surface area contributed by atoms with Crippen LogP contribution in [0.1, 0.15) is 32.3 Å². The third kappa shape index (κ3) is 4.98. The van der Waals surface area contributed by atoms with Gasteiger partial charge >= 0.3 is 0 Å². The van der Waals surface area contributed by atoms with Gasteiger partial charge in [-0.3, -0.25) is 0 Å². The third-order valence-corrected chi connectivity index (χ3v) is 3.36. The Kier molecular flexibility index (Phi) is 5.61. The van der Waals surface area contributed by atoms with E-state index in [0.29, 0.717) is 5.92 Å². The van der Waals surface area contributed by atoms with Gasteiger partial charge in [-0.1, -0.05) is 26.0 Å². The fourth-order valence-corrected chi connectivity index (χ4v) is 2.10. The van der Waals surface area contributed by atoms with Crippen molar-refractivity contribution in [3.8, 4) is 0 Å². The van der Waals surface area contributed by atoms with Crippen LogP contribution >= 0.6 is 22.6 Å². The minimum Gasteiger partial charge on any atom is -0.393 e. The van der Waals surface area contributed by atoms with Crippen LogP contribution in [0.3, 0.4) is 0 Å². The first-order chi connectivity index (χ1) is 7.11. The summed E-state index contributed by atoms with van der Waals surface area (Å²) in [7, 11) is 0. The van der Waals surface area contributed by atoms with Crippen LogP contribution in [0.15, 0.2) is 24.3 Å². The van der Waals surface area contributed by atoms with E-state index in [4.69, 9.17) is 0 Å². The standard InChI is InChI=1S/C13H19IO/c1-3-13(15)9-10(2)8-11-4-6-12(14)7-5-11/h4-7,10,13,15H,3,8-9H2,1-2H3. The summed E-state index contributed by atoms with van der Waals surface area (Å²) in [5.74, 6) is 0.556. The number of aliphatic hydroxyl groups excluding tert-OH is 1. The van der Waals surface area contributed by atoms with Crippen LogP contribution in [0, 0.1) is 9.49 Å². The van der Waals surface area contributed by atoms with Crippen molar-refractivity contribution in [2.45, 2.75) is 39.2 Å². The molecule has 0 spiro atoms. The Morgan fingerprint density at radius 3 is 2.40 bits per heavy atom. The predicted molar refractivity (Wildman–Crippen MR) is 72.9 cm³/mol. The zero-order chi connectivity index (χ0) is 11.3. The summed E-state index contributed by atoms with van der Waals surface area (Å²) in [6, 6.07) is 8.63. The lowest BCUT2D eigenvalue weighted by molar-refractivity contribution is 0.141. The fourth-order valence-electron chi connectivity index (χ4n) is 1.74. The van der Waals surface area contributed by atoms with Crippen LogP contribution in [0.5, 0.6) is 0 Å². The quantitative estimate of drug-likeness (QED) is 0.822. The lowest BCUT2D eigenvalue weighted by atomic mass is 9.95. The van der Waals surface area contributed by atoms with Crippen molar-refractivity contribution in [3.05, 3.63) is 33.4 Å². The van der Waals surface area contributed by atoms with Crippen molar-refractivity contribution >= 4 is 22.6 Å². The van der Waals surface area contributed by atoms with Crippen molar-refractivity contribution in [2.75, 3.05) is 0 Å². The summed E-state index contributed by atoms with van der Waals surface area (Å²) in [4.78, 5) is 0. The Morgan fingerprint density at radius 2 is 1.87 bits per heavy atom. The highest BCUT2D eigenvalue weighted by Crippen LogP contribution is 2.16. The van der Waals surface area contributed by atoms with Crippen molar-refractivity contribution in [3.63, 3.8) is 0 Å². The number of aliphatic hydroxyl groups is 1. The molecule has 0 radical (unpaired) electrons. The van der Waals surface area contributed by atoms with Gasteiger partial charge in [0.15, 0.2) is 0 Å². The van der Waals surface area contributed by atoms with E-state index >= 15 is 0 Å². The molecule has 15 heavy (non-hydrogen) atoms. The highest BCUT2D eigenvalue weighted by Gasteiger charge is 2.09. The Labute approximate surface area is 106 Å². The van der Waals surface area contributed by atoms with Gasteiger partial charge < -0.3 is 5.11 Å². The molecule has 0 aliphatic heterocycles. The van der Waals surface area contributed by atoms with E-state index < -0.39 is 0 Å². The molecule has 0 aromatic heterocycles. The van der Waals surface area contributed by atoms with Crippen molar-refractivity contribution in [2.24, 2.45) is 5.92 Å². The molecule has 1 N–H and O–H groups in total. The summed E-state index contributed by atoms with van der Waals surface area (Å²) < 4.78 is 1.28. The van der Waals surface area contributed by atoms with Gasteiger partial charge in [0.05, 0.1) is 6.10 Å². The highest BCUT2D eigenvalue weighted by molar-refractivity contribution is 14.1. The molecule has 0 amide bonds. The van der Waals surface area contributed by atoms with Crippen LogP contribution in [-0.2, 0) is 6.42 Å². The molecule has 84 valence electrons. The minimum absolute atomic E-state index is 0.135. The maximum Gasteiger partial charge on any atom is 0.0540 e. The first kappa shape index (κ1) is 13.0. The molecule has 0 saturated heterocycles. The number of rotatable bonds is 5. The smallest absolute Gasteiger partial charge is 0.0540 e. The topological polar surface area (TPSA) is 20.2 Å². The first-order valence-electron chi connectivity index (χ1n) is 5.54. The molecule has 0 saturated carbocycles. The number of benzene rings is 1. The van der Waals surface area contributed by atoms with Crippen molar-refractivity contribution in [1.29, 1.82) is 0 Å². The summed E-state index contributed by atoms with van der Waals surface area (Å²) in [5.41, 5.74) is 1.37. The average molecular weight is 318 g/mol. The van der Waals surface area contributed by atoms with Crippen LogP contribution in [0.2, 0.25) is 0 Å². The summed E-state index contributed by atoms with van der Waals surface area (Å²) in [6.45, 7) is 4.24. The first-order valence-corrected chi connectivity index (χ1v) is 6.62. The summed E-state index contributed by atoms with van der Waals surface area (Å²) in [5, 5.41) is 9.55. The number of hydrogen-bond acceptors (Lipinski definition) is 1. The second-order valence-corrected chi connectivity index (χ2v) is 5.48. The largest absolute Gasteiger partial charge is 0.393 e. The molecule has 0 bridgehead atoms. The zero-order valence-electron chi connectivity index (χ0n) is 9.41. The zero-order valence-corrected chi connectivity index (χ0v) is 11.6. The average Bonchev–Trinajstić information content (AvgIpc) is 2.21. The lowest BCUT2D eigenvalue weighted by Crippen LogP contribution is -2.12. The van der Waals surface area contributed by atoms with Crippen LogP contribution in [0.25, 0.3) is 0 Å². The molecule has 0 fully saturated rings. The Morgan fingerprint density at radius 1 is 1.27 bits per heavy atom. The highest BCUT2D eigenvalue weighted by atomic mass is 127. The summed E-state index contributed by atoms with van der Waals surface area (Å²) in [6.07, 6.45) is 2.69. The molecule has 1 nitrogen and oxygen atoms in total. The lowest BCUT2D eigenvalue weighted by Gasteiger charge is -2.15. The van der Waals surface area contributed by atoms with Crippen molar-refractivity contribution in [1.82, 2.24) is 0 Å². The van der Waals surface area contributed by atoms with Gasteiger partial charge in [0.2, 0.25) is 0 Å². The minimum atomic E-state index is -0.135. The van der Waals surface area contributed by atoms with E-state index in [1.54, 1.807) is 0 Å². The predicted octanol–water partition coefficient (Wildman–Crippen LogP) is 3.63. The molecule has 1 aromatic rings. The molecule has 1 aromatic carbocycles. The van der Waals surface area contributed by atoms with E-state index in [1.165, 1.54) is 9.13 Å². The van der Waals surface area contributed by atoms with E-state index in [-0.39, 0.29) is 6.10 Å². The van der Waals surface area contributed by atoms with E-state index in [2.05, 4.69) is 53.8 Å². The summed E-state index contributed by atoms with van der Waals surface area (Å²) >= 11 is 2.32. The van der Waals surface area contributed by atoms with Gasteiger partial charge in [-0.2, -0.15) is 0 Å². The maximum atomic E-state index is 9.55. The van der Waals surface area contributed by atoms with E-state index in [9.17, 15) is 5.11 Å². The second-order valence-electron chi connectivity index (χ2n) is 4.23. The molecular weight excluding hydrogens is 299 g/mol. The van der Waals surface area contributed by atoms with Gasteiger partial charge in [-0.25, -0.2) is 0 Å². The molecule has 0 heterocycles. The van der Waals surface area contributed by atoms with Crippen molar-refractivity contribution < 1.29 is 5.11 Å². The molecule has 0 aliphatic carbocycles. The Balaban J connectivity index is 2.44. The molecule has 0 aliphatic rings. The monoisotopic (exact) mass is 318 g/mol. The normalized spacial score (nSPS) is 14.9. The SMILES string of the molecule is CCC(O)CC(C)Cc1ccc(I)cc1. The van der Waals surface area contributed by atoms with Crippen LogP contribution in [-0.4, -0.2) is 11.2 Å². The fraction of sp³-hybridized carbons (Fsp3) is 0.538. The van der Waals surface area contributed by atoms with E-state index in [1.807, 2.05) is 6.92 Å².